The Kier molecular flexibility index (Phi) is 6.93. The Morgan fingerprint density at radius 1 is 1.09 bits per heavy atom. The molecule has 0 saturated carbocycles. The van der Waals surface area contributed by atoms with E-state index in [0.717, 1.165) is 5.56 Å². The molecule has 1 heterocycles. The summed E-state index contributed by atoms with van der Waals surface area (Å²) in [6, 6.07) is 15.9. The normalized spacial score (nSPS) is 10.6. The first-order valence-corrected chi connectivity index (χ1v) is 10.6. The van der Waals surface area contributed by atoms with Gasteiger partial charge >= 0.3 is 0 Å². The van der Waals surface area contributed by atoms with Crippen molar-refractivity contribution in [2.75, 3.05) is 5.32 Å². The minimum Gasteiger partial charge on any atom is -0.471 e. The number of rotatable bonds is 8. The lowest BCUT2D eigenvalue weighted by Crippen LogP contribution is -2.14. The van der Waals surface area contributed by atoms with E-state index in [2.05, 4.69) is 10.4 Å². The van der Waals surface area contributed by atoms with Gasteiger partial charge in [0.05, 0.1) is 16.7 Å². The van der Waals surface area contributed by atoms with Crippen LogP contribution in [0.3, 0.4) is 0 Å². The summed E-state index contributed by atoms with van der Waals surface area (Å²) in [5.41, 5.74) is 0.737. The van der Waals surface area contributed by atoms with Gasteiger partial charge in [0, 0.05) is 23.4 Å². The molecule has 0 aliphatic heterocycles. The Morgan fingerprint density at radius 3 is 2.54 bits per heavy atom. The van der Waals surface area contributed by atoms with Gasteiger partial charge < -0.3 is 14.8 Å². The second-order valence-electron chi connectivity index (χ2n) is 7.41. The van der Waals surface area contributed by atoms with E-state index in [1.807, 2.05) is 0 Å². The summed E-state index contributed by atoms with van der Waals surface area (Å²) in [5.74, 6) is 0.0691. The number of amides is 1. The van der Waals surface area contributed by atoms with Crippen molar-refractivity contribution in [1.82, 2.24) is 9.78 Å². The second-order valence-corrected chi connectivity index (χ2v) is 7.81. The molecule has 1 amide bonds. The van der Waals surface area contributed by atoms with Crippen LogP contribution >= 0.6 is 11.6 Å². The van der Waals surface area contributed by atoms with Crippen molar-refractivity contribution in [2.24, 2.45) is 0 Å². The van der Waals surface area contributed by atoms with Crippen LogP contribution in [-0.2, 0) is 6.73 Å². The zero-order valence-corrected chi connectivity index (χ0v) is 19.0. The number of hydrogen-bond donors (Lipinski definition) is 1. The molecule has 0 aliphatic carbocycles. The number of carbonyl (C=O) groups excluding carboxylic acids is 1. The van der Waals surface area contributed by atoms with Crippen LogP contribution < -0.4 is 14.8 Å². The molecule has 0 fully saturated rings. The number of nitrogens with zero attached hydrogens (tertiary/aromatic N) is 3. The maximum Gasteiger partial charge on any atom is 0.276 e. The van der Waals surface area contributed by atoms with Crippen molar-refractivity contribution < 1.29 is 23.6 Å². The highest BCUT2D eigenvalue weighted by Gasteiger charge is 2.16. The van der Waals surface area contributed by atoms with Crippen molar-refractivity contribution in [3.05, 3.63) is 105 Å². The summed E-state index contributed by atoms with van der Waals surface area (Å²) in [6.45, 7) is 1.80. The molecule has 4 rings (SSSR count). The predicted molar refractivity (Wildman–Crippen MR) is 127 cm³/mol. The Balaban J connectivity index is 1.46. The molecular formula is C24H18ClFN4O5. The number of non-ortho nitro benzene ring substituents is 1. The molecule has 4 aromatic rings. The monoisotopic (exact) mass is 496 g/mol. The number of nitro groups is 1. The topological polar surface area (TPSA) is 109 Å². The van der Waals surface area contributed by atoms with E-state index in [0.29, 0.717) is 16.5 Å². The van der Waals surface area contributed by atoms with E-state index in [1.54, 1.807) is 25.1 Å². The van der Waals surface area contributed by atoms with Crippen LogP contribution in [-0.4, -0.2) is 20.6 Å². The molecule has 9 nitrogen and oxygen atoms in total. The Hall–Kier alpha value is -4.44. The molecule has 0 aliphatic rings. The molecule has 0 saturated heterocycles. The molecule has 3 aromatic carbocycles. The van der Waals surface area contributed by atoms with E-state index < -0.39 is 10.8 Å². The van der Waals surface area contributed by atoms with Gasteiger partial charge in [-0.1, -0.05) is 11.6 Å². The first-order valence-electron chi connectivity index (χ1n) is 10.2. The second kappa shape index (κ2) is 10.2. The number of aromatic nitrogens is 2. The Labute approximate surface area is 203 Å². The summed E-state index contributed by atoms with van der Waals surface area (Å²) in [5, 5.41) is 18.7. The molecule has 0 atom stereocenters. The summed E-state index contributed by atoms with van der Waals surface area (Å²) < 4.78 is 25.6. The number of anilines is 1. The molecule has 1 N–H and O–H groups in total. The number of halogens is 2. The Bertz CT molecular complexity index is 1390. The highest BCUT2D eigenvalue weighted by Crippen LogP contribution is 2.31. The van der Waals surface area contributed by atoms with E-state index in [1.165, 1.54) is 59.4 Å². The molecule has 1 aromatic heterocycles. The summed E-state index contributed by atoms with van der Waals surface area (Å²) in [4.78, 5) is 23.5. The minimum absolute atomic E-state index is 0.00574. The molecule has 0 unspecified atom stereocenters. The van der Waals surface area contributed by atoms with Crippen LogP contribution in [0.4, 0.5) is 15.8 Å². The van der Waals surface area contributed by atoms with Crippen molar-refractivity contribution in [3.8, 4) is 17.2 Å². The zero-order chi connectivity index (χ0) is 24.9. The van der Waals surface area contributed by atoms with Crippen molar-refractivity contribution in [1.29, 1.82) is 0 Å². The number of hydrogen-bond acceptors (Lipinski definition) is 6. The van der Waals surface area contributed by atoms with Gasteiger partial charge in [0.1, 0.15) is 23.1 Å². The average Bonchev–Trinajstić information content (AvgIpc) is 3.30. The first kappa shape index (κ1) is 23.7. The molecule has 35 heavy (non-hydrogen) atoms. The third-order valence-corrected chi connectivity index (χ3v) is 5.20. The van der Waals surface area contributed by atoms with Gasteiger partial charge in [-0.2, -0.15) is 5.10 Å². The first-order chi connectivity index (χ1) is 16.8. The number of carbonyl (C=O) groups is 1. The standard InChI is InChI=1S/C24H18ClFN4O5/c1-15-10-20(6-7-22(15)25)35-21-12-17(11-18(13-21)30(32)33)27-24(31)23-8-9-29(28-23)14-34-19-4-2-16(26)3-5-19/h2-13H,14H2,1H3,(H,27,31). The molecule has 0 spiro atoms. The number of benzene rings is 3. The SMILES string of the molecule is Cc1cc(Oc2cc(NC(=O)c3ccn(COc4ccc(F)cc4)n3)cc([N+](=O)[O-])c2)ccc1Cl. The van der Waals surface area contributed by atoms with Gasteiger partial charge in [-0.05, 0) is 61.0 Å². The fourth-order valence-electron chi connectivity index (χ4n) is 3.06. The molecule has 0 bridgehead atoms. The van der Waals surface area contributed by atoms with E-state index in [9.17, 15) is 19.3 Å². The maximum absolute atomic E-state index is 13.0. The number of nitrogens with one attached hydrogen (secondary N) is 1. The van der Waals surface area contributed by atoms with Gasteiger partial charge in [0.25, 0.3) is 11.6 Å². The fraction of sp³-hybridized carbons (Fsp3) is 0.0833. The van der Waals surface area contributed by atoms with Crippen LogP contribution in [0.5, 0.6) is 17.2 Å². The fourth-order valence-corrected chi connectivity index (χ4v) is 3.18. The van der Waals surface area contributed by atoms with E-state index in [-0.39, 0.29) is 35.4 Å². The lowest BCUT2D eigenvalue weighted by atomic mass is 10.2. The van der Waals surface area contributed by atoms with Crippen molar-refractivity contribution >= 4 is 28.9 Å². The average molecular weight is 497 g/mol. The van der Waals surface area contributed by atoms with Gasteiger partial charge in [-0.3, -0.25) is 14.9 Å². The molecule has 0 radical (unpaired) electrons. The van der Waals surface area contributed by atoms with Gasteiger partial charge in [-0.15, -0.1) is 0 Å². The zero-order valence-electron chi connectivity index (χ0n) is 18.3. The predicted octanol–water partition coefficient (Wildman–Crippen LogP) is 5.97. The van der Waals surface area contributed by atoms with Crippen LogP contribution in [0.15, 0.2) is 72.9 Å². The van der Waals surface area contributed by atoms with Gasteiger partial charge in [0.15, 0.2) is 12.4 Å². The summed E-state index contributed by atoms with van der Waals surface area (Å²) >= 11 is 6.03. The highest BCUT2D eigenvalue weighted by atomic mass is 35.5. The lowest BCUT2D eigenvalue weighted by Gasteiger charge is -2.10. The maximum atomic E-state index is 13.0. The highest BCUT2D eigenvalue weighted by molar-refractivity contribution is 6.31. The molecule has 11 heteroatoms. The van der Waals surface area contributed by atoms with E-state index in [4.69, 9.17) is 21.1 Å². The number of aryl methyl sites for hydroxylation is 1. The summed E-state index contributed by atoms with van der Waals surface area (Å²) in [7, 11) is 0. The third kappa shape index (κ3) is 6.12. The van der Waals surface area contributed by atoms with Gasteiger partial charge in [0.2, 0.25) is 0 Å². The van der Waals surface area contributed by atoms with Crippen LogP contribution in [0.2, 0.25) is 5.02 Å². The minimum atomic E-state index is -0.586. The quantitative estimate of drug-likeness (QED) is 0.238. The van der Waals surface area contributed by atoms with E-state index >= 15 is 0 Å². The Morgan fingerprint density at radius 2 is 1.83 bits per heavy atom. The van der Waals surface area contributed by atoms with Crippen molar-refractivity contribution in [2.45, 2.75) is 13.7 Å². The van der Waals surface area contributed by atoms with Crippen LogP contribution in [0.25, 0.3) is 0 Å². The van der Waals surface area contributed by atoms with Crippen LogP contribution in [0.1, 0.15) is 16.1 Å². The molecular weight excluding hydrogens is 479 g/mol. The van der Waals surface area contributed by atoms with Crippen molar-refractivity contribution in [3.63, 3.8) is 0 Å². The smallest absolute Gasteiger partial charge is 0.276 e. The third-order valence-electron chi connectivity index (χ3n) is 4.78. The van der Waals surface area contributed by atoms with Gasteiger partial charge in [-0.25, -0.2) is 9.07 Å². The summed E-state index contributed by atoms with van der Waals surface area (Å²) in [6.07, 6.45) is 1.53. The van der Waals surface area contributed by atoms with Crippen LogP contribution in [0, 0.1) is 22.9 Å². The largest absolute Gasteiger partial charge is 0.471 e. The number of ether oxygens (including phenoxy) is 2. The number of nitro benzene ring substituents is 1. The molecule has 178 valence electrons. The lowest BCUT2D eigenvalue weighted by molar-refractivity contribution is -0.384.